The van der Waals surface area contributed by atoms with E-state index in [-0.39, 0.29) is 122 Å². The van der Waals surface area contributed by atoms with Crippen LogP contribution < -0.4 is 0 Å². The molecule has 0 fully saturated rings. The fourth-order valence-electron chi connectivity index (χ4n) is 0. The molecule has 0 saturated heterocycles. The summed E-state index contributed by atoms with van der Waals surface area (Å²) in [6, 6.07) is 0. The number of rotatable bonds is 0. The van der Waals surface area contributed by atoms with Crippen molar-refractivity contribution >= 4 is 48.9 Å². The largest absolute Gasteiger partial charge is 0 e. The molecule has 0 unspecified atom stereocenters. The standard InChI is InChI=1S/Ba.Cu.Gd.O.Y.2H. The molecule has 0 N–H and O–H groups in total. The van der Waals surface area contributed by atoms with Crippen molar-refractivity contribution in [2.24, 2.45) is 0 Å². The summed E-state index contributed by atoms with van der Waals surface area (Å²) in [4.78, 5) is 0. The van der Waals surface area contributed by atoms with E-state index in [4.69, 9.17) is 3.83 Å². The molecule has 0 aromatic heterocycles. The van der Waals surface area contributed by atoms with Gasteiger partial charge < -0.3 is 0 Å². The van der Waals surface area contributed by atoms with Crippen LogP contribution in [0.2, 0.25) is 0 Å². The molecular weight excluding hydrogens is 463 g/mol. The van der Waals surface area contributed by atoms with E-state index >= 15 is 0 Å². The van der Waals surface area contributed by atoms with E-state index in [9.17, 15) is 0 Å². The van der Waals surface area contributed by atoms with Gasteiger partial charge in [-0.1, -0.05) is 0 Å². The van der Waals surface area contributed by atoms with E-state index in [1.165, 1.54) is 0 Å². The average Bonchev–Trinajstić information content (AvgIpc) is 1.00. The summed E-state index contributed by atoms with van der Waals surface area (Å²) in [7, 11) is 0. The van der Waals surface area contributed by atoms with Crippen LogP contribution in [0, 0.1) is 39.9 Å². The van der Waals surface area contributed by atoms with Crippen LogP contribution in [0.15, 0.2) is 0 Å². The first-order valence-electron chi connectivity index (χ1n) is 0.123. The second-order valence-electron chi connectivity index (χ2n) is 0. The van der Waals surface area contributed by atoms with Crippen LogP contribution in [0.25, 0.3) is 0 Å². The van der Waals surface area contributed by atoms with Crippen molar-refractivity contribution in [2.45, 2.75) is 0 Å². The fraction of sp³-hybridized carbons (Fsp3) is 0. The Balaban J connectivity index is -0.00000000167. The van der Waals surface area contributed by atoms with Gasteiger partial charge in [0, 0.05) is 72.6 Å². The van der Waals surface area contributed by atoms with E-state index in [0.717, 1.165) is 0 Å². The summed E-state index contributed by atoms with van der Waals surface area (Å²) < 4.78 is 7.81. The molecule has 5 heteroatoms. The van der Waals surface area contributed by atoms with Gasteiger partial charge in [0.25, 0.3) is 0 Å². The van der Waals surface area contributed by atoms with Gasteiger partial charge in [0.1, 0.15) is 0 Å². The summed E-state index contributed by atoms with van der Waals surface area (Å²) in [5.74, 6) is 0. The van der Waals surface area contributed by atoms with Crippen molar-refractivity contribution in [3.63, 3.8) is 0 Å². The second kappa shape index (κ2) is 23.9. The minimum Gasteiger partial charge on any atom is 0 e. The SMILES string of the molecule is [BaH2].[Gd].[O]=[Cu].[Y]. The van der Waals surface area contributed by atoms with Crippen molar-refractivity contribution in [2.75, 3.05) is 0 Å². The molecule has 0 aromatic carbocycles. The maximum absolute atomic E-state index is 7.81. The predicted octanol–water partition coefficient (Wildman–Crippen LogP) is -1.04. The Labute approximate surface area is 137 Å². The van der Waals surface area contributed by atoms with Crippen molar-refractivity contribution in [3.05, 3.63) is 0 Å². The number of hydrogen-bond acceptors (Lipinski definition) is 1. The summed E-state index contributed by atoms with van der Waals surface area (Å²) >= 11 is 2.94. The zero-order chi connectivity index (χ0) is 2.00. The van der Waals surface area contributed by atoms with Gasteiger partial charge in [0.2, 0.25) is 0 Å². The van der Waals surface area contributed by atoms with Gasteiger partial charge in [-0.25, -0.2) is 0 Å². The van der Waals surface area contributed by atoms with Gasteiger partial charge >= 0.3 is 68.7 Å². The Kier molecular flexibility index (Phi) is 109. The molecule has 0 atom stereocenters. The molecule has 0 aromatic rings. The number of hydrogen-bond donors (Lipinski definition) is 0. The van der Waals surface area contributed by atoms with Crippen LogP contribution in [0.3, 0.4) is 0 Å². The van der Waals surface area contributed by atoms with Crippen molar-refractivity contribution in [1.82, 2.24) is 0 Å². The molecule has 0 saturated carbocycles. The third-order valence-corrected chi connectivity index (χ3v) is 0. The van der Waals surface area contributed by atoms with Crippen LogP contribution in [-0.4, -0.2) is 48.9 Å². The topological polar surface area (TPSA) is 17.1 Å². The Morgan fingerprint density at radius 2 is 1.20 bits per heavy atom. The molecule has 0 bridgehead atoms. The Bertz CT molecular complexity index is 11.6. The molecule has 0 aliphatic heterocycles. The van der Waals surface area contributed by atoms with Gasteiger partial charge in [-0.15, -0.1) is 0 Å². The molecule has 5 heavy (non-hydrogen) atoms. The minimum absolute atomic E-state index is 0. The Morgan fingerprint density at radius 3 is 1.20 bits per heavy atom. The molecule has 0 rings (SSSR count). The van der Waals surface area contributed by atoms with Gasteiger partial charge in [0.05, 0.1) is 0 Å². The first-order valence-corrected chi connectivity index (χ1v) is 0.508. The zero-order valence-electron chi connectivity index (χ0n) is 1.64. The summed E-state index contributed by atoms with van der Waals surface area (Å²) in [6.45, 7) is 0. The molecule has 0 aliphatic carbocycles. The quantitative estimate of drug-likeness (QED) is 0.419. The Morgan fingerprint density at radius 1 is 1.20 bits per heavy atom. The Hall–Kier alpha value is 4.32. The monoisotopic (exact) mass is 466 g/mol. The van der Waals surface area contributed by atoms with Gasteiger partial charge in [-0.05, 0) is 0 Å². The van der Waals surface area contributed by atoms with Crippen LogP contribution in [0.1, 0.15) is 0 Å². The summed E-state index contributed by atoms with van der Waals surface area (Å²) in [5, 5.41) is 0. The van der Waals surface area contributed by atoms with Crippen LogP contribution in [-0.2, 0) is 52.5 Å². The zero-order valence-corrected chi connectivity index (χ0v) is 7.69. The first kappa shape index (κ1) is 22.8. The third-order valence-electron chi connectivity index (χ3n) is 0. The molecule has 0 spiro atoms. The van der Waals surface area contributed by atoms with Crippen molar-refractivity contribution in [3.8, 4) is 0 Å². The van der Waals surface area contributed by atoms with E-state index in [0.29, 0.717) is 0 Å². The van der Waals surface area contributed by atoms with Crippen LogP contribution in [0.4, 0.5) is 0 Å². The van der Waals surface area contributed by atoms with Gasteiger partial charge in [0.15, 0.2) is 0 Å². The van der Waals surface area contributed by atoms with E-state index < -0.39 is 0 Å². The van der Waals surface area contributed by atoms with Crippen LogP contribution >= 0.6 is 0 Å². The smallest absolute Gasteiger partial charge is 0 e. The van der Waals surface area contributed by atoms with Crippen molar-refractivity contribution < 1.29 is 92.4 Å². The van der Waals surface area contributed by atoms with E-state index in [1.807, 2.05) is 0 Å². The van der Waals surface area contributed by atoms with Gasteiger partial charge in [-0.3, -0.25) is 0 Å². The second-order valence-corrected chi connectivity index (χ2v) is 0. The maximum atomic E-state index is 7.81. The van der Waals surface area contributed by atoms with E-state index in [1.54, 1.807) is 0 Å². The molecular formula is H2BaCuGdOY. The minimum atomic E-state index is 0. The summed E-state index contributed by atoms with van der Waals surface area (Å²) in [5.41, 5.74) is 0. The van der Waals surface area contributed by atoms with Crippen LogP contribution in [0.5, 0.6) is 0 Å². The molecule has 0 amide bonds. The summed E-state index contributed by atoms with van der Waals surface area (Å²) in [6.07, 6.45) is 0. The maximum Gasteiger partial charge on any atom is 0 e. The molecule has 0 heterocycles. The molecule has 1 nitrogen and oxygen atoms in total. The van der Waals surface area contributed by atoms with Gasteiger partial charge in [-0.2, -0.15) is 0 Å². The average molecular weight is 465 g/mol. The van der Waals surface area contributed by atoms with Crippen molar-refractivity contribution in [1.29, 1.82) is 0 Å². The molecule has 32 valence electrons. The predicted molar refractivity (Wildman–Crippen MR) is 9.23 cm³/mol. The third kappa shape index (κ3) is 17.8. The first-order chi connectivity index (χ1) is 1.00. The molecule has 1 radical (unpaired) electrons. The normalized spacial score (nSPS) is 1.20. The van der Waals surface area contributed by atoms with E-state index in [2.05, 4.69) is 15.9 Å². The molecule has 0 aliphatic rings. The fourth-order valence-corrected chi connectivity index (χ4v) is 0.